The fourth-order valence-electron chi connectivity index (χ4n) is 2.71. The first-order valence-corrected chi connectivity index (χ1v) is 9.60. The number of esters is 1. The van der Waals surface area contributed by atoms with E-state index in [4.69, 9.17) is 32.9 Å². The van der Waals surface area contributed by atoms with Crippen LogP contribution in [0.1, 0.15) is 29.7 Å². The Morgan fingerprint density at radius 2 is 1.93 bits per heavy atom. The Morgan fingerprint density at radius 3 is 2.55 bits per heavy atom. The summed E-state index contributed by atoms with van der Waals surface area (Å²) in [5.41, 5.74) is 3.00. The Kier molecular flexibility index (Phi) is 8.50. The molecule has 0 aromatic heterocycles. The molecule has 0 radical (unpaired) electrons. The standard InChI is InChI=1S/C23H25NO4S/c1-5-14-27-20-11-8-18(15-21(20)26-4)12-13-24-23(29)22(28-17(3)25)19-9-6-16(2)7-10-19/h1,6-11,15,22H,12-14H2,2-4H3,(H,24,29). The summed E-state index contributed by atoms with van der Waals surface area (Å²) in [6.07, 6.45) is 5.32. The molecule has 0 bridgehead atoms. The Bertz CT molecular complexity index is 887. The molecule has 2 aromatic carbocycles. The van der Waals surface area contributed by atoms with Crippen LogP contribution < -0.4 is 14.8 Å². The van der Waals surface area contributed by atoms with Crippen molar-refractivity contribution in [2.45, 2.75) is 26.4 Å². The molecule has 0 saturated carbocycles. The van der Waals surface area contributed by atoms with E-state index >= 15 is 0 Å². The molecule has 2 aromatic rings. The lowest BCUT2D eigenvalue weighted by Crippen LogP contribution is -2.31. The molecule has 1 unspecified atom stereocenters. The number of rotatable bonds is 9. The van der Waals surface area contributed by atoms with Crippen molar-refractivity contribution >= 4 is 23.2 Å². The van der Waals surface area contributed by atoms with Crippen LogP contribution in [0.25, 0.3) is 0 Å². The van der Waals surface area contributed by atoms with E-state index < -0.39 is 6.10 Å². The summed E-state index contributed by atoms with van der Waals surface area (Å²) in [7, 11) is 1.58. The molecule has 152 valence electrons. The molecule has 1 atom stereocenters. The van der Waals surface area contributed by atoms with Crippen LogP contribution in [0.15, 0.2) is 42.5 Å². The van der Waals surface area contributed by atoms with Crippen molar-refractivity contribution in [3.63, 3.8) is 0 Å². The number of hydrogen-bond donors (Lipinski definition) is 1. The van der Waals surface area contributed by atoms with Crippen LogP contribution in [0.2, 0.25) is 0 Å². The van der Waals surface area contributed by atoms with Gasteiger partial charge in [-0.15, -0.1) is 6.42 Å². The highest BCUT2D eigenvalue weighted by Crippen LogP contribution is 2.28. The summed E-state index contributed by atoms with van der Waals surface area (Å²) >= 11 is 5.49. The fourth-order valence-corrected chi connectivity index (χ4v) is 3.00. The molecule has 0 aliphatic carbocycles. The van der Waals surface area contributed by atoms with Crippen molar-refractivity contribution < 1.29 is 19.0 Å². The van der Waals surface area contributed by atoms with E-state index in [0.29, 0.717) is 29.5 Å². The predicted molar refractivity (Wildman–Crippen MR) is 117 cm³/mol. The molecular formula is C23H25NO4S. The maximum absolute atomic E-state index is 11.5. The van der Waals surface area contributed by atoms with Crippen molar-refractivity contribution in [1.29, 1.82) is 0 Å². The largest absolute Gasteiger partial charge is 0.493 e. The van der Waals surface area contributed by atoms with Gasteiger partial charge in [-0.1, -0.05) is 54.0 Å². The van der Waals surface area contributed by atoms with Gasteiger partial charge in [0, 0.05) is 13.5 Å². The fraction of sp³-hybridized carbons (Fsp3) is 0.304. The van der Waals surface area contributed by atoms with E-state index in [1.807, 2.05) is 49.4 Å². The Hall–Kier alpha value is -3.04. The Labute approximate surface area is 177 Å². The maximum Gasteiger partial charge on any atom is 0.303 e. The molecule has 0 saturated heterocycles. The van der Waals surface area contributed by atoms with Crippen LogP contribution in [0, 0.1) is 19.3 Å². The van der Waals surface area contributed by atoms with Crippen molar-refractivity contribution in [2.75, 3.05) is 20.3 Å². The first-order valence-electron chi connectivity index (χ1n) is 9.19. The molecule has 6 heteroatoms. The maximum atomic E-state index is 11.5. The van der Waals surface area contributed by atoms with Crippen molar-refractivity contribution in [2.24, 2.45) is 0 Å². The molecule has 2 rings (SSSR count). The summed E-state index contributed by atoms with van der Waals surface area (Å²) in [5, 5.41) is 3.19. The molecule has 1 N–H and O–H groups in total. The van der Waals surface area contributed by atoms with Gasteiger partial charge in [-0.2, -0.15) is 0 Å². The normalized spacial score (nSPS) is 11.1. The van der Waals surface area contributed by atoms with Gasteiger partial charge >= 0.3 is 5.97 Å². The lowest BCUT2D eigenvalue weighted by molar-refractivity contribution is -0.143. The summed E-state index contributed by atoms with van der Waals surface area (Å²) in [5.74, 6) is 3.28. The molecule has 29 heavy (non-hydrogen) atoms. The van der Waals surface area contributed by atoms with Gasteiger partial charge < -0.3 is 19.5 Å². The lowest BCUT2D eigenvalue weighted by atomic mass is 10.1. The molecular weight excluding hydrogens is 386 g/mol. The van der Waals surface area contributed by atoms with Gasteiger partial charge in [0.15, 0.2) is 17.6 Å². The SMILES string of the molecule is C#CCOc1ccc(CCNC(=S)C(OC(C)=O)c2ccc(C)cc2)cc1OC. The van der Waals surface area contributed by atoms with Crippen LogP contribution >= 0.6 is 12.2 Å². The highest BCUT2D eigenvalue weighted by atomic mass is 32.1. The second-order valence-electron chi connectivity index (χ2n) is 6.42. The first-order chi connectivity index (χ1) is 13.9. The average molecular weight is 412 g/mol. The number of aryl methyl sites for hydroxylation is 1. The van der Waals surface area contributed by atoms with Gasteiger partial charge in [-0.3, -0.25) is 4.79 Å². The summed E-state index contributed by atoms with van der Waals surface area (Å²) in [4.78, 5) is 12.0. The van der Waals surface area contributed by atoms with Gasteiger partial charge in [0.25, 0.3) is 0 Å². The monoisotopic (exact) mass is 411 g/mol. The zero-order valence-electron chi connectivity index (χ0n) is 16.9. The second-order valence-corrected chi connectivity index (χ2v) is 6.86. The van der Waals surface area contributed by atoms with Crippen LogP contribution in [0.4, 0.5) is 0 Å². The third-order valence-corrected chi connectivity index (χ3v) is 4.51. The van der Waals surface area contributed by atoms with Crippen LogP contribution in [-0.2, 0) is 16.0 Å². The number of ether oxygens (including phenoxy) is 3. The minimum absolute atomic E-state index is 0.183. The van der Waals surface area contributed by atoms with Crippen LogP contribution in [0.5, 0.6) is 11.5 Å². The number of carbonyl (C=O) groups is 1. The summed E-state index contributed by atoms with van der Waals surface area (Å²) in [6.45, 7) is 4.14. The lowest BCUT2D eigenvalue weighted by Gasteiger charge is -2.20. The number of thiocarbonyl (C=S) groups is 1. The third-order valence-electron chi connectivity index (χ3n) is 4.15. The minimum Gasteiger partial charge on any atom is -0.493 e. The molecule has 0 aliphatic rings. The first kappa shape index (κ1) is 22.3. The zero-order chi connectivity index (χ0) is 21.2. The number of terminal acetylenes is 1. The molecule has 0 amide bonds. The summed E-state index contributed by atoms with van der Waals surface area (Å²) < 4.78 is 16.3. The molecule has 0 spiro atoms. The van der Waals surface area contributed by atoms with Crippen molar-refractivity contribution in [3.8, 4) is 23.8 Å². The van der Waals surface area contributed by atoms with Crippen LogP contribution in [-0.4, -0.2) is 31.2 Å². The van der Waals surface area contributed by atoms with Crippen molar-refractivity contribution in [3.05, 3.63) is 59.2 Å². The number of benzene rings is 2. The Morgan fingerprint density at radius 1 is 1.21 bits per heavy atom. The quantitative estimate of drug-likeness (QED) is 0.385. The van der Waals surface area contributed by atoms with Gasteiger partial charge in [0.05, 0.1) is 7.11 Å². The molecule has 0 aliphatic heterocycles. The van der Waals surface area contributed by atoms with E-state index in [0.717, 1.165) is 16.7 Å². The second kappa shape index (κ2) is 11.1. The van der Waals surface area contributed by atoms with E-state index in [1.54, 1.807) is 7.11 Å². The highest BCUT2D eigenvalue weighted by Gasteiger charge is 2.20. The van der Waals surface area contributed by atoms with E-state index in [2.05, 4.69) is 11.2 Å². The molecule has 5 nitrogen and oxygen atoms in total. The number of methoxy groups -OCH3 is 1. The van der Waals surface area contributed by atoms with E-state index in [-0.39, 0.29) is 12.6 Å². The number of hydrogen-bond acceptors (Lipinski definition) is 5. The molecule has 0 heterocycles. The van der Waals surface area contributed by atoms with Gasteiger partial charge in [-0.25, -0.2) is 0 Å². The highest BCUT2D eigenvalue weighted by molar-refractivity contribution is 7.80. The molecule has 0 fully saturated rings. The van der Waals surface area contributed by atoms with E-state index in [1.165, 1.54) is 6.92 Å². The zero-order valence-corrected chi connectivity index (χ0v) is 17.7. The minimum atomic E-state index is -0.614. The van der Waals surface area contributed by atoms with Crippen molar-refractivity contribution in [1.82, 2.24) is 5.32 Å². The summed E-state index contributed by atoms with van der Waals surface area (Å²) in [6, 6.07) is 13.4. The Balaban J connectivity index is 2.00. The van der Waals surface area contributed by atoms with Gasteiger partial charge in [0.2, 0.25) is 0 Å². The number of nitrogens with one attached hydrogen (secondary N) is 1. The van der Waals surface area contributed by atoms with Crippen LogP contribution in [0.3, 0.4) is 0 Å². The predicted octanol–water partition coefficient (Wildman–Crippen LogP) is 3.78. The third kappa shape index (κ3) is 6.81. The average Bonchev–Trinajstić information content (AvgIpc) is 2.71. The smallest absolute Gasteiger partial charge is 0.303 e. The number of carbonyl (C=O) groups excluding carboxylic acids is 1. The topological polar surface area (TPSA) is 56.8 Å². The van der Waals surface area contributed by atoms with Gasteiger partial charge in [0.1, 0.15) is 11.6 Å². The van der Waals surface area contributed by atoms with E-state index in [9.17, 15) is 4.79 Å². The van der Waals surface area contributed by atoms with Gasteiger partial charge in [-0.05, 0) is 36.6 Å².